The fraction of sp³-hybridized carbons (Fsp3) is 0.316. The van der Waals surface area contributed by atoms with E-state index in [0.29, 0.717) is 5.78 Å². The molecule has 2 fully saturated rings. The van der Waals surface area contributed by atoms with Gasteiger partial charge in [-0.05, 0) is 17.5 Å². The van der Waals surface area contributed by atoms with Crippen LogP contribution in [0.2, 0.25) is 0 Å². The van der Waals surface area contributed by atoms with Gasteiger partial charge in [-0.2, -0.15) is 0 Å². The van der Waals surface area contributed by atoms with Gasteiger partial charge >= 0.3 is 0 Å². The van der Waals surface area contributed by atoms with E-state index in [-0.39, 0.29) is 11.5 Å². The number of Topliss-reactive ketones (excluding diaryl/α,β-unsaturated/α-hetero) is 1. The molecule has 21 heavy (non-hydrogen) atoms. The zero-order valence-electron chi connectivity index (χ0n) is 12.0. The summed E-state index contributed by atoms with van der Waals surface area (Å²) in [6.45, 7) is 1.83. The van der Waals surface area contributed by atoms with Crippen molar-refractivity contribution in [1.29, 1.82) is 0 Å². The summed E-state index contributed by atoms with van der Waals surface area (Å²) in [6, 6.07) is 21.5. The third-order valence-corrected chi connectivity index (χ3v) is 5.03. The first-order chi connectivity index (χ1) is 10.3. The molecular formula is C19H19NO. The molecule has 2 aromatic rings. The molecule has 106 valence electrons. The summed E-state index contributed by atoms with van der Waals surface area (Å²) >= 11 is 0. The van der Waals surface area contributed by atoms with Crippen molar-refractivity contribution in [2.24, 2.45) is 5.41 Å². The minimum absolute atomic E-state index is 0.00180. The zero-order valence-corrected chi connectivity index (χ0v) is 12.0. The lowest BCUT2D eigenvalue weighted by Gasteiger charge is -2.56. The van der Waals surface area contributed by atoms with Gasteiger partial charge in [0.05, 0.1) is 11.5 Å². The van der Waals surface area contributed by atoms with Crippen LogP contribution in [0.15, 0.2) is 60.7 Å². The number of rotatable bonds is 3. The SMILES string of the molecule is O=C1CCC12CN(C(c1ccccc1)c1ccccc1)C2. The Morgan fingerprint density at radius 2 is 1.38 bits per heavy atom. The highest BCUT2D eigenvalue weighted by molar-refractivity contribution is 5.92. The van der Waals surface area contributed by atoms with Gasteiger partial charge in [0.15, 0.2) is 0 Å². The van der Waals surface area contributed by atoms with Crippen LogP contribution in [-0.2, 0) is 4.79 Å². The third-order valence-electron chi connectivity index (χ3n) is 5.03. The van der Waals surface area contributed by atoms with Crippen LogP contribution in [0.5, 0.6) is 0 Å². The Kier molecular flexibility index (Phi) is 2.93. The van der Waals surface area contributed by atoms with Crippen LogP contribution in [0.25, 0.3) is 0 Å². The Bertz CT molecular complexity index is 604. The van der Waals surface area contributed by atoms with Gasteiger partial charge < -0.3 is 0 Å². The number of carbonyl (C=O) groups excluding carboxylic acids is 1. The number of hydrogen-bond acceptors (Lipinski definition) is 2. The second-order valence-corrected chi connectivity index (χ2v) is 6.33. The molecule has 0 unspecified atom stereocenters. The summed E-state index contributed by atoms with van der Waals surface area (Å²) in [5.74, 6) is 0.471. The number of likely N-dealkylation sites (tertiary alicyclic amines) is 1. The highest BCUT2D eigenvalue weighted by atomic mass is 16.1. The van der Waals surface area contributed by atoms with Crippen molar-refractivity contribution in [2.45, 2.75) is 18.9 Å². The molecule has 1 heterocycles. The normalized spacial score (nSPS) is 20.3. The first-order valence-electron chi connectivity index (χ1n) is 7.66. The quantitative estimate of drug-likeness (QED) is 0.856. The summed E-state index contributed by atoms with van der Waals surface area (Å²) < 4.78 is 0. The molecule has 1 spiro atoms. The van der Waals surface area contributed by atoms with E-state index in [1.165, 1.54) is 11.1 Å². The second-order valence-electron chi connectivity index (χ2n) is 6.33. The molecule has 1 aliphatic heterocycles. The van der Waals surface area contributed by atoms with Gasteiger partial charge in [0, 0.05) is 19.5 Å². The topological polar surface area (TPSA) is 20.3 Å². The van der Waals surface area contributed by atoms with Crippen molar-refractivity contribution >= 4 is 5.78 Å². The minimum atomic E-state index is 0.00180. The van der Waals surface area contributed by atoms with Gasteiger partial charge in [0.1, 0.15) is 5.78 Å². The lowest BCUT2D eigenvalue weighted by Crippen LogP contribution is -2.65. The lowest BCUT2D eigenvalue weighted by molar-refractivity contribution is -0.155. The van der Waals surface area contributed by atoms with Crippen molar-refractivity contribution in [2.75, 3.05) is 13.1 Å². The van der Waals surface area contributed by atoms with Crippen LogP contribution < -0.4 is 0 Å². The number of carbonyl (C=O) groups is 1. The Balaban J connectivity index is 1.64. The molecule has 2 aromatic carbocycles. The van der Waals surface area contributed by atoms with Gasteiger partial charge in [-0.1, -0.05) is 60.7 Å². The fourth-order valence-electron chi connectivity index (χ4n) is 3.71. The van der Waals surface area contributed by atoms with Crippen molar-refractivity contribution in [3.05, 3.63) is 71.8 Å². The Morgan fingerprint density at radius 3 is 1.76 bits per heavy atom. The summed E-state index contributed by atoms with van der Waals surface area (Å²) in [6.07, 6.45) is 1.87. The molecule has 2 heteroatoms. The number of hydrogen-bond donors (Lipinski definition) is 0. The minimum Gasteiger partial charge on any atom is -0.299 e. The first kappa shape index (κ1) is 12.8. The van der Waals surface area contributed by atoms with E-state index in [9.17, 15) is 4.79 Å². The van der Waals surface area contributed by atoms with Crippen LogP contribution in [0, 0.1) is 5.41 Å². The van der Waals surface area contributed by atoms with Crippen molar-refractivity contribution < 1.29 is 4.79 Å². The average molecular weight is 277 g/mol. The van der Waals surface area contributed by atoms with E-state index in [4.69, 9.17) is 0 Å². The van der Waals surface area contributed by atoms with Crippen LogP contribution in [0.1, 0.15) is 30.0 Å². The first-order valence-corrected chi connectivity index (χ1v) is 7.66. The number of nitrogens with zero attached hydrogens (tertiary/aromatic N) is 1. The van der Waals surface area contributed by atoms with Crippen LogP contribution in [0.3, 0.4) is 0 Å². The fourth-order valence-corrected chi connectivity index (χ4v) is 3.71. The lowest BCUT2D eigenvalue weighted by atomic mass is 9.61. The Labute approximate surface area is 125 Å². The standard InChI is InChI=1S/C19H19NO/c21-17-11-12-19(17)13-20(14-19)18(15-7-3-1-4-8-15)16-9-5-2-6-10-16/h1-10,18H,11-14H2. The monoisotopic (exact) mass is 277 g/mol. The van der Waals surface area contributed by atoms with Crippen LogP contribution >= 0.6 is 0 Å². The average Bonchev–Trinajstić information content (AvgIpc) is 2.50. The maximum atomic E-state index is 11.8. The Hall–Kier alpha value is -1.93. The van der Waals surface area contributed by atoms with E-state index in [1.54, 1.807) is 0 Å². The van der Waals surface area contributed by atoms with Crippen molar-refractivity contribution in [3.8, 4) is 0 Å². The van der Waals surface area contributed by atoms with Gasteiger partial charge in [-0.25, -0.2) is 0 Å². The van der Waals surface area contributed by atoms with Gasteiger partial charge in [-0.15, -0.1) is 0 Å². The van der Waals surface area contributed by atoms with E-state index >= 15 is 0 Å². The van der Waals surface area contributed by atoms with Gasteiger partial charge in [0.25, 0.3) is 0 Å². The molecule has 2 aliphatic rings. The molecule has 0 radical (unpaired) electrons. The molecular weight excluding hydrogens is 258 g/mol. The predicted molar refractivity (Wildman–Crippen MR) is 83.0 cm³/mol. The summed E-state index contributed by atoms with van der Waals surface area (Å²) in [4.78, 5) is 14.3. The smallest absolute Gasteiger partial charge is 0.141 e. The number of ketones is 1. The maximum Gasteiger partial charge on any atom is 0.141 e. The molecule has 0 amide bonds. The van der Waals surface area contributed by atoms with E-state index in [0.717, 1.165) is 25.9 Å². The van der Waals surface area contributed by atoms with E-state index < -0.39 is 0 Å². The van der Waals surface area contributed by atoms with Crippen molar-refractivity contribution in [1.82, 2.24) is 4.90 Å². The molecule has 1 saturated heterocycles. The van der Waals surface area contributed by atoms with Gasteiger partial charge in [0.2, 0.25) is 0 Å². The summed E-state index contributed by atoms with van der Waals surface area (Å²) in [5.41, 5.74) is 2.62. The predicted octanol–water partition coefficient (Wildman–Crippen LogP) is 3.44. The number of benzene rings is 2. The van der Waals surface area contributed by atoms with Gasteiger partial charge in [-0.3, -0.25) is 9.69 Å². The Morgan fingerprint density at radius 1 is 0.857 bits per heavy atom. The largest absolute Gasteiger partial charge is 0.299 e. The van der Waals surface area contributed by atoms with Crippen LogP contribution in [0.4, 0.5) is 0 Å². The second kappa shape index (κ2) is 4.81. The third kappa shape index (κ3) is 2.02. The molecule has 0 N–H and O–H groups in total. The molecule has 1 aliphatic carbocycles. The molecule has 0 bridgehead atoms. The summed E-state index contributed by atoms with van der Waals surface area (Å²) in [5, 5.41) is 0. The summed E-state index contributed by atoms with van der Waals surface area (Å²) in [7, 11) is 0. The highest BCUT2D eigenvalue weighted by Gasteiger charge is 2.55. The highest BCUT2D eigenvalue weighted by Crippen LogP contribution is 2.49. The van der Waals surface area contributed by atoms with E-state index in [1.807, 2.05) is 0 Å². The molecule has 2 nitrogen and oxygen atoms in total. The zero-order chi connectivity index (χ0) is 14.3. The van der Waals surface area contributed by atoms with Crippen LogP contribution in [-0.4, -0.2) is 23.8 Å². The molecule has 1 saturated carbocycles. The molecule has 0 atom stereocenters. The molecule has 0 aromatic heterocycles. The van der Waals surface area contributed by atoms with Crippen molar-refractivity contribution in [3.63, 3.8) is 0 Å². The molecule has 4 rings (SSSR count). The maximum absolute atomic E-state index is 11.8. The van der Waals surface area contributed by atoms with E-state index in [2.05, 4.69) is 65.6 Å².